The lowest BCUT2D eigenvalue weighted by molar-refractivity contribution is 0.0333. The Labute approximate surface area is 178 Å². The molecule has 3 N–H and O–H groups in total. The van der Waals surface area contributed by atoms with Gasteiger partial charge in [-0.3, -0.25) is 4.98 Å². The highest BCUT2D eigenvalue weighted by Crippen LogP contribution is 2.28. The first kappa shape index (κ1) is 22.5. The van der Waals surface area contributed by atoms with Gasteiger partial charge in [-0.05, 0) is 55.1 Å². The molecule has 0 spiro atoms. The van der Waals surface area contributed by atoms with Crippen LogP contribution in [0.3, 0.4) is 0 Å². The van der Waals surface area contributed by atoms with Gasteiger partial charge < -0.3 is 29.9 Å². The Kier molecular flexibility index (Phi) is 8.89. The molecule has 7 nitrogen and oxygen atoms in total. The van der Waals surface area contributed by atoms with Crippen LogP contribution < -0.4 is 14.8 Å². The number of methoxy groups -OCH3 is 1. The summed E-state index contributed by atoms with van der Waals surface area (Å²) in [5.74, 6) is 1.29. The number of rotatable bonds is 11. The Balaban J connectivity index is 1.42. The van der Waals surface area contributed by atoms with Crippen molar-refractivity contribution in [3.05, 3.63) is 53.9 Å². The molecule has 1 aromatic carbocycles. The van der Waals surface area contributed by atoms with E-state index in [4.69, 9.17) is 9.47 Å². The van der Waals surface area contributed by atoms with Crippen molar-refractivity contribution in [2.45, 2.75) is 38.0 Å². The molecule has 0 amide bonds. The van der Waals surface area contributed by atoms with Crippen molar-refractivity contribution in [1.82, 2.24) is 15.2 Å². The fraction of sp³-hybridized carbons (Fsp3) is 0.522. The zero-order valence-electron chi connectivity index (χ0n) is 17.7. The van der Waals surface area contributed by atoms with E-state index in [9.17, 15) is 10.2 Å². The number of pyridine rings is 1. The van der Waals surface area contributed by atoms with Gasteiger partial charge in [-0.25, -0.2) is 0 Å². The predicted molar refractivity (Wildman–Crippen MR) is 116 cm³/mol. The third-order valence-corrected chi connectivity index (χ3v) is 5.33. The number of hydrogen-bond donors (Lipinski definition) is 3. The minimum absolute atomic E-state index is 0.206. The number of aliphatic hydroxyl groups excluding tert-OH is 2. The van der Waals surface area contributed by atoms with Crippen LogP contribution in [0.1, 0.15) is 24.0 Å². The maximum absolute atomic E-state index is 10.3. The predicted octanol–water partition coefficient (Wildman–Crippen LogP) is 1.62. The molecule has 0 bridgehead atoms. The van der Waals surface area contributed by atoms with Crippen LogP contribution in [0.15, 0.2) is 42.7 Å². The fourth-order valence-electron chi connectivity index (χ4n) is 3.59. The van der Waals surface area contributed by atoms with Gasteiger partial charge in [0, 0.05) is 38.6 Å². The standard InChI is InChI=1S/C23H33N3O4/c1-29-23-13-19(15-25-10-6-18-3-2-9-24-14-18)4-5-22(23)30-17-21(28)16-26-11-7-20(27)8-12-26/h2-5,9,13-14,20-21,25,27-28H,6-8,10-12,15-17H2,1H3. The maximum atomic E-state index is 10.3. The van der Waals surface area contributed by atoms with Crippen LogP contribution in [0.5, 0.6) is 11.5 Å². The lowest BCUT2D eigenvalue weighted by Gasteiger charge is -2.30. The lowest BCUT2D eigenvalue weighted by atomic mass is 10.1. The summed E-state index contributed by atoms with van der Waals surface area (Å²) in [6.45, 7) is 3.98. The summed E-state index contributed by atoms with van der Waals surface area (Å²) in [6, 6.07) is 9.89. The van der Waals surface area contributed by atoms with Crippen LogP contribution >= 0.6 is 0 Å². The zero-order chi connectivity index (χ0) is 21.2. The van der Waals surface area contributed by atoms with Gasteiger partial charge in [-0.15, -0.1) is 0 Å². The third kappa shape index (κ3) is 7.25. The van der Waals surface area contributed by atoms with E-state index in [2.05, 4.69) is 21.3 Å². The summed E-state index contributed by atoms with van der Waals surface area (Å²) in [6.07, 6.45) is 5.34. The van der Waals surface area contributed by atoms with Crippen LogP contribution in [0, 0.1) is 0 Å². The molecule has 0 radical (unpaired) electrons. The van der Waals surface area contributed by atoms with Crippen molar-refractivity contribution >= 4 is 0 Å². The monoisotopic (exact) mass is 415 g/mol. The van der Waals surface area contributed by atoms with Crippen molar-refractivity contribution in [3.63, 3.8) is 0 Å². The average Bonchev–Trinajstić information content (AvgIpc) is 2.78. The molecule has 7 heteroatoms. The van der Waals surface area contributed by atoms with Crippen molar-refractivity contribution in [2.75, 3.05) is 39.9 Å². The van der Waals surface area contributed by atoms with E-state index in [0.29, 0.717) is 18.0 Å². The number of benzene rings is 1. The molecule has 3 rings (SSSR count). The summed E-state index contributed by atoms with van der Waals surface area (Å²) in [4.78, 5) is 6.30. The molecular formula is C23H33N3O4. The quantitative estimate of drug-likeness (QED) is 0.481. The van der Waals surface area contributed by atoms with Gasteiger partial charge >= 0.3 is 0 Å². The van der Waals surface area contributed by atoms with Crippen molar-refractivity contribution < 1.29 is 19.7 Å². The van der Waals surface area contributed by atoms with E-state index in [-0.39, 0.29) is 12.7 Å². The summed E-state index contributed by atoms with van der Waals surface area (Å²) < 4.78 is 11.3. The molecule has 164 valence electrons. The molecule has 1 aliphatic heterocycles. The first-order valence-electron chi connectivity index (χ1n) is 10.6. The number of β-amino-alcohol motifs (C(OH)–C–C–N with tert-alkyl or cyclic N) is 1. The molecule has 0 saturated carbocycles. The van der Waals surface area contributed by atoms with Crippen LogP contribution in [0.2, 0.25) is 0 Å². The molecule has 1 saturated heterocycles. The van der Waals surface area contributed by atoms with E-state index in [1.165, 1.54) is 5.56 Å². The molecule has 1 aliphatic rings. The zero-order valence-corrected chi connectivity index (χ0v) is 17.7. The number of hydrogen-bond acceptors (Lipinski definition) is 7. The van der Waals surface area contributed by atoms with E-state index in [1.807, 2.05) is 30.5 Å². The fourth-order valence-corrected chi connectivity index (χ4v) is 3.59. The highest BCUT2D eigenvalue weighted by atomic mass is 16.5. The SMILES string of the molecule is COc1cc(CNCCc2cccnc2)ccc1OCC(O)CN1CCC(O)CC1. The van der Waals surface area contributed by atoms with Crippen LogP contribution in [-0.4, -0.2) is 72.2 Å². The van der Waals surface area contributed by atoms with E-state index >= 15 is 0 Å². The molecule has 30 heavy (non-hydrogen) atoms. The molecule has 1 aromatic heterocycles. The minimum Gasteiger partial charge on any atom is -0.493 e. The van der Waals surface area contributed by atoms with Crippen LogP contribution in [0.25, 0.3) is 0 Å². The number of ether oxygens (including phenoxy) is 2. The maximum Gasteiger partial charge on any atom is 0.161 e. The number of piperidine rings is 1. The first-order valence-corrected chi connectivity index (χ1v) is 10.6. The molecule has 1 atom stereocenters. The number of likely N-dealkylation sites (tertiary alicyclic amines) is 1. The minimum atomic E-state index is -0.584. The van der Waals surface area contributed by atoms with Gasteiger partial charge in [0.15, 0.2) is 11.5 Å². The van der Waals surface area contributed by atoms with Gasteiger partial charge in [0.05, 0.1) is 13.2 Å². The molecule has 2 aromatic rings. The average molecular weight is 416 g/mol. The van der Waals surface area contributed by atoms with Crippen molar-refractivity contribution in [1.29, 1.82) is 0 Å². The smallest absolute Gasteiger partial charge is 0.161 e. The van der Waals surface area contributed by atoms with Crippen LogP contribution in [0.4, 0.5) is 0 Å². The first-order chi connectivity index (χ1) is 14.6. The summed E-state index contributed by atoms with van der Waals surface area (Å²) >= 11 is 0. The number of nitrogens with zero attached hydrogens (tertiary/aromatic N) is 2. The van der Waals surface area contributed by atoms with Crippen molar-refractivity contribution in [2.24, 2.45) is 0 Å². The number of aromatic nitrogens is 1. The van der Waals surface area contributed by atoms with E-state index < -0.39 is 6.10 Å². The highest BCUT2D eigenvalue weighted by molar-refractivity contribution is 5.43. The van der Waals surface area contributed by atoms with Gasteiger partial charge in [-0.1, -0.05) is 12.1 Å². The van der Waals surface area contributed by atoms with Gasteiger partial charge in [0.1, 0.15) is 12.7 Å². The number of aliphatic hydroxyl groups is 2. The normalized spacial score (nSPS) is 16.4. The van der Waals surface area contributed by atoms with E-state index in [1.54, 1.807) is 13.3 Å². The Morgan fingerprint density at radius 2 is 2.03 bits per heavy atom. The topological polar surface area (TPSA) is 87.1 Å². The Bertz CT molecular complexity index is 751. The molecule has 1 unspecified atom stereocenters. The van der Waals surface area contributed by atoms with Gasteiger partial charge in [0.25, 0.3) is 0 Å². The Hall–Kier alpha value is -2.19. The summed E-state index contributed by atoms with van der Waals surface area (Å²) in [5, 5.41) is 23.3. The molecule has 1 fully saturated rings. The van der Waals surface area contributed by atoms with Gasteiger partial charge in [-0.2, -0.15) is 0 Å². The second-order valence-corrected chi connectivity index (χ2v) is 7.77. The third-order valence-electron chi connectivity index (χ3n) is 5.33. The second kappa shape index (κ2) is 11.9. The Morgan fingerprint density at radius 1 is 1.20 bits per heavy atom. The lowest BCUT2D eigenvalue weighted by Crippen LogP contribution is -2.41. The Morgan fingerprint density at radius 3 is 2.77 bits per heavy atom. The summed E-state index contributed by atoms with van der Waals surface area (Å²) in [7, 11) is 1.62. The van der Waals surface area contributed by atoms with Gasteiger partial charge in [0.2, 0.25) is 0 Å². The second-order valence-electron chi connectivity index (χ2n) is 7.77. The molecule has 0 aliphatic carbocycles. The number of nitrogens with one attached hydrogen (secondary N) is 1. The summed E-state index contributed by atoms with van der Waals surface area (Å²) in [5.41, 5.74) is 2.32. The largest absolute Gasteiger partial charge is 0.493 e. The van der Waals surface area contributed by atoms with E-state index in [0.717, 1.165) is 51.0 Å². The van der Waals surface area contributed by atoms with Crippen LogP contribution in [-0.2, 0) is 13.0 Å². The molecule has 2 heterocycles. The molecular weight excluding hydrogens is 382 g/mol. The van der Waals surface area contributed by atoms with Crippen molar-refractivity contribution in [3.8, 4) is 11.5 Å². The highest BCUT2D eigenvalue weighted by Gasteiger charge is 2.20.